The van der Waals surface area contributed by atoms with Gasteiger partial charge in [0.25, 0.3) is 0 Å². The molecule has 2 rings (SSSR count). The molecular formula is C12H22N4O3. The van der Waals surface area contributed by atoms with E-state index in [2.05, 4.69) is 27.3 Å². The second-order valence-electron chi connectivity index (χ2n) is 4.50. The van der Waals surface area contributed by atoms with Crippen LogP contribution in [0, 0.1) is 0 Å². The largest absolute Gasteiger partial charge is 0.407 e. The van der Waals surface area contributed by atoms with Crippen LogP contribution in [0.15, 0.2) is 4.42 Å². The van der Waals surface area contributed by atoms with E-state index in [1.165, 1.54) is 0 Å². The van der Waals surface area contributed by atoms with E-state index in [-0.39, 0.29) is 6.10 Å². The summed E-state index contributed by atoms with van der Waals surface area (Å²) in [5.41, 5.74) is 0. The molecule has 7 heteroatoms. The van der Waals surface area contributed by atoms with E-state index in [9.17, 15) is 0 Å². The van der Waals surface area contributed by atoms with E-state index in [0.29, 0.717) is 31.7 Å². The summed E-state index contributed by atoms with van der Waals surface area (Å²) >= 11 is 0. The number of aromatic nitrogens is 2. The van der Waals surface area contributed by atoms with Crippen LogP contribution in [0.3, 0.4) is 0 Å². The van der Waals surface area contributed by atoms with Crippen molar-refractivity contribution < 1.29 is 13.9 Å². The maximum Gasteiger partial charge on any atom is 0.318 e. The van der Waals surface area contributed by atoms with Crippen LogP contribution in [0.5, 0.6) is 0 Å². The van der Waals surface area contributed by atoms with Gasteiger partial charge in [-0.1, -0.05) is 12.0 Å². The van der Waals surface area contributed by atoms with E-state index in [1.807, 2.05) is 0 Å². The highest BCUT2D eigenvalue weighted by atomic mass is 16.5. The lowest BCUT2D eigenvalue weighted by Crippen LogP contribution is -2.42. The number of hydrogen-bond acceptors (Lipinski definition) is 7. The van der Waals surface area contributed by atoms with E-state index in [4.69, 9.17) is 13.9 Å². The minimum Gasteiger partial charge on any atom is -0.407 e. The Balaban J connectivity index is 1.82. The van der Waals surface area contributed by atoms with Crippen LogP contribution in [-0.4, -0.2) is 56.3 Å². The molecule has 1 unspecified atom stereocenters. The highest BCUT2D eigenvalue weighted by molar-refractivity contribution is 5.25. The van der Waals surface area contributed by atoms with Crippen LogP contribution >= 0.6 is 0 Å². The van der Waals surface area contributed by atoms with Gasteiger partial charge in [-0.25, -0.2) is 0 Å². The summed E-state index contributed by atoms with van der Waals surface area (Å²) in [5.74, 6) is 0.602. The molecule has 1 saturated heterocycles. The first-order chi connectivity index (χ1) is 9.33. The third-order valence-corrected chi connectivity index (χ3v) is 3.08. The van der Waals surface area contributed by atoms with Gasteiger partial charge in [0, 0.05) is 26.7 Å². The Morgan fingerprint density at radius 3 is 3.16 bits per heavy atom. The van der Waals surface area contributed by atoms with Gasteiger partial charge in [0.15, 0.2) is 0 Å². The lowest BCUT2D eigenvalue weighted by atomic mass is 10.2. The van der Waals surface area contributed by atoms with Crippen molar-refractivity contribution in [2.45, 2.75) is 26.0 Å². The second kappa shape index (κ2) is 7.42. The van der Waals surface area contributed by atoms with Crippen molar-refractivity contribution in [1.82, 2.24) is 15.5 Å². The van der Waals surface area contributed by atoms with E-state index in [1.54, 1.807) is 7.11 Å². The number of morpholine rings is 1. The highest BCUT2D eigenvalue weighted by Crippen LogP contribution is 2.17. The van der Waals surface area contributed by atoms with Crippen molar-refractivity contribution in [2.75, 3.05) is 44.9 Å². The lowest BCUT2D eigenvalue weighted by Gasteiger charge is -2.30. The zero-order valence-electron chi connectivity index (χ0n) is 11.6. The summed E-state index contributed by atoms with van der Waals surface area (Å²) in [7, 11) is 1.68. The molecule has 1 atom stereocenters. The SMILES string of the molecule is CCC1CN(c2nnc(CNCCOC)o2)CCO1. The summed E-state index contributed by atoms with van der Waals surface area (Å²) in [6.45, 7) is 6.45. The molecular weight excluding hydrogens is 248 g/mol. The third-order valence-electron chi connectivity index (χ3n) is 3.08. The number of nitrogens with one attached hydrogen (secondary N) is 1. The normalized spacial score (nSPS) is 19.9. The van der Waals surface area contributed by atoms with Crippen molar-refractivity contribution in [3.8, 4) is 0 Å². The average molecular weight is 270 g/mol. The quantitative estimate of drug-likeness (QED) is 0.720. The van der Waals surface area contributed by atoms with Gasteiger partial charge in [-0.3, -0.25) is 0 Å². The van der Waals surface area contributed by atoms with Gasteiger partial charge in [-0.05, 0) is 6.42 Å². The lowest BCUT2D eigenvalue weighted by molar-refractivity contribution is 0.0366. The maximum absolute atomic E-state index is 5.64. The molecule has 0 bridgehead atoms. The standard InChI is InChI=1S/C12H22N4O3/c1-3-10-9-16(5-7-18-10)12-15-14-11(19-12)8-13-4-6-17-2/h10,13H,3-9H2,1-2H3. The van der Waals surface area contributed by atoms with Crippen molar-refractivity contribution in [3.63, 3.8) is 0 Å². The Kier molecular flexibility index (Phi) is 5.56. The van der Waals surface area contributed by atoms with Gasteiger partial charge in [-0.2, -0.15) is 0 Å². The minimum absolute atomic E-state index is 0.254. The first kappa shape index (κ1) is 14.2. The Morgan fingerprint density at radius 2 is 2.37 bits per heavy atom. The summed E-state index contributed by atoms with van der Waals surface area (Å²) in [4.78, 5) is 2.09. The molecule has 1 aliphatic rings. The van der Waals surface area contributed by atoms with Gasteiger partial charge >= 0.3 is 6.01 Å². The summed E-state index contributed by atoms with van der Waals surface area (Å²) in [6.07, 6.45) is 1.25. The average Bonchev–Trinajstić information content (AvgIpc) is 2.92. The van der Waals surface area contributed by atoms with Crippen LogP contribution in [-0.2, 0) is 16.0 Å². The van der Waals surface area contributed by atoms with E-state index < -0.39 is 0 Å². The molecule has 108 valence electrons. The molecule has 0 amide bonds. The van der Waals surface area contributed by atoms with E-state index in [0.717, 1.165) is 26.1 Å². The first-order valence-corrected chi connectivity index (χ1v) is 6.72. The smallest absolute Gasteiger partial charge is 0.318 e. The molecule has 1 aromatic rings. The molecule has 2 heterocycles. The zero-order chi connectivity index (χ0) is 13.5. The van der Waals surface area contributed by atoms with Gasteiger partial charge in [0.1, 0.15) is 0 Å². The summed E-state index contributed by atoms with van der Waals surface area (Å²) < 4.78 is 16.2. The van der Waals surface area contributed by atoms with Crippen molar-refractivity contribution >= 4 is 6.01 Å². The van der Waals surface area contributed by atoms with Crippen molar-refractivity contribution in [2.24, 2.45) is 0 Å². The minimum atomic E-state index is 0.254. The van der Waals surface area contributed by atoms with Gasteiger partial charge in [0.05, 0.1) is 25.9 Å². The Bertz CT molecular complexity index is 372. The monoisotopic (exact) mass is 270 g/mol. The second-order valence-corrected chi connectivity index (χ2v) is 4.50. The fourth-order valence-electron chi connectivity index (χ4n) is 1.95. The van der Waals surface area contributed by atoms with Crippen LogP contribution in [0.4, 0.5) is 6.01 Å². The number of rotatable bonds is 7. The maximum atomic E-state index is 5.64. The Hall–Kier alpha value is -1.18. The van der Waals surface area contributed by atoms with Crippen LogP contribution < -0.4 is 10.2 Å². The molecule has 1 aliphatic heterocycles. The molecule has 1 aromatic heterocycles. The summed E-state index contributed by atoms with van der Waals surface area (Å²) in [6, 6.07) is 0.588. The third kappa shape index (κ3) is 4.15. The Morgan fingerprint density at radius 1 is 1.47 bits per heavy atom. The predicted octanol–water partition coefficient (Wildman–Crippen LogP) is 0.421. The molecule has 0 radical (unpaired) electrons. The van der Waals surface area contributed by atoms with Crippen molar-refractivity contribution in [1.29, 1.82) is 0 Å². The Labute approximate surface area is 113 Å². The number of nitrogens with zero attached hydrogens (tertiary/aromatic N) is 3. The summed E-state index contributed by atoms with van der Waals surface area (Å²) in [5, 5.41) is 11.3. The molecule has 7 nitrogen and oxygen atoms in total. The fourth-order valence-corrected chi connectivity index (χ4v) is 1.95. The molecule has 0 aliphatic carbocycles. The number of hydrogen-bond donors (Lipinski definition) is 1. The predicted molar refractivity (Wildman–Crippen MR) is 70.1 cm³/mol. The van der Waals surface area contributed by atoms with Crippen LogP contribution in [0.25, 0.3) is 0 Å². The van der Waals surface area contributed by atoms with Crippen LogP contribution in [0.1, 0.15) is 19.2 Å². The zero-order valence-corrected chi connectivity index (χ0v) is 11.6. The van der Waals surface area contributed by atoms with Crippen LogP contribution in [0.2, 0.25) is 0 Å². The molecule has 1 N–H and O–H groups in total. The molecule has 0 spiro atoms. The van der Waals surface area contributed by atoms with Crippen molar-refractivity contribution in [3.05, 3.63) is 5.89 Å². The van der Waals surface area contributed by atoms with Gasteiger partial charge < -0.3 is 24.1 Å². The molecule has 19 heavy (non-hydrogen) atoms. The van der Waals surface area contributed by atoms with E-state index >= 15 is 0 Å². The number of methoxy groups -OCH3 is 1. The number of anilines is 1. The molecule has 0 aromatic carbocycles. The molecule has 0 saturated carbocycles. The van der Waals surface area contributed by atoms with Gasteiger partial charge in [0.2, 0.25) is 5.89 Å². The highest BCUT2D eigenvalue weighted by Gasteiger charge is 2.23. The fraction of sp³-hybridized carbons (Fsp3) is 0.833. The van der Waals surface area contributed by atoms with Gasteiger partial charge in [-0.15, -0.1) is 5.10 Å². The first-order valence-electron chi connectivity index (χ1n) is 6.72. The molecule has 1 fully saturated rings. The topological polar surface area (TPSA) is 72.7 Å². The number of ether oxygens (including phenoxy) is 2.